The minimum Gasteiger partial charge on any atom is -0.497 e. The molecule has 8 heteroatoms. The monoisotopic (exact) mass is 419 g/mol. The molecule has 5 nitrogen and oxygen atoms in total. The number of amides is 1. The number of carbonyl (C=O) groups excluding carboxylic acids is 1. The average molecular weight is 419 g/mol. The molecular formula is C22H24F3N3O2. The molecule has 160 valence electrons. The highest BCUT2D eigenvalue weighted by atomic mass is 19.4. The highest BCUT2D eigenvalue weighted by Crippen LogP contribution is 2.34. The van der Waals surface area contributed by atoms with Gasteiger partial charge in [0.05, 0.1) is 25.1 Å². The van der Waals surface area contributed by atoms with E-state index in [9.17, 15) is 18.0 Å². The molecule has 3 heterocycles. The number of halogens is 3. The van der Waals surface area contributed by atoms with E-state index in [4.69, 9.17) is 4.74 Å². The SMILES string of the molecule is COc1ccc(CC(=O)N2CCC3CCN(c4ccc(C(F)(F)F)cn4)CC32)cc1. The fourth-order valence-corrected chi connectivity index (χ4v) is 4.42. The summed E-state index contributed by atoms with van der Waals surface area (Å²) < 4.78 is 43.5. The molecule has 0 spiro atoms. The molecule has 2 saturated heterocycles. The molecule has 2 atom stereocenters. The van der Waals surface area contributed by atoms with E-state index in [2.05, 4.69) is 4.98 Å². The number of hydrogen-bond donors (Lipinski definition) is 0. The van der Waals surface area contributed by atoms with Crippen LogP contribution in [-0.4, -0.2) is 48.6 Å². The van der Waals surface area contributed by atoms with Crippen LogP contribution in [0.4, 0.5) is 19.0 Å². The number of carbonyl (C=O) groups is 1. The van der Waals surface area contributed by atoms with Gasteiger partial charge in [-0.15, -0.1) is 0 Å². The number of aromatic nitrogens is 1. The number of fused-ring (bicyclic) bond motifs is 1. The van der Waals surface area contributed by atoms with E-state index in [1.807, 2.05) is 34.1 Å². The minimum atomic E-state index is -4.39. The predicted octanol–water partition coefficient (Wildman–Crippen LogP) is 3.78. The largest absolute Gasteiger partial charge is 0.497 e. The van der Waals surface area contributed by atoms with Gasteiger partial charge in [0, 0.05) is 25.8 Å². The van der Waals surface area contributed by atoms with Crippen molar-refractivity contribution in [3.63, 3.8) is 0 Å². The van der Waals surface area contributed by atoms with Crippen LogP contribution >= 0.6 is 0 Å². The van der Waals surface area contributed by atoms with Crippen LogP contribution in [0.2, 0.25) is 0 Å². The second-order valence-corrected chi connectivity index (χ2v) is 7.87. The van der Waals surface area contributed by atoms with Crippen molar-refractivity contribution in [3.8, 4) is 5.75 Å². The molecule has 0 saturated carbocycles. The number of rotatable bonds is 4. The predicted molar refractivity (Wildman–Crippen MR) is 106 cm³/mol. The molecule has 1 aromatic heterocycles. The van der Waals surface area contributed by atoms with Crippen LogP contribution < -0.4 is 9.64 Å². The number of likely N-dealkylation sites (tertiary alicyclic amines) is 1. The van der Waals surface area contributed by atoms with Gasteiger partial charge in [-0.1, -0.05) is 12.1 Å². The van der Waals surface area contributed by atoms with Crippen LogP contribution in [0.3, 0.4) is 0 Å². The maximum absolute atomic E-state index is 13.0. The maximum atomic E-state index is 13.0. The summed E-state index contributed by atoms with van der Waals surface area (Å²) in [6.45, 7) is 2.05. The molecule has 2 fully saturated rings. The number of ether oxygens (including phenoxy) is 1. The molecular weight excluding hydrogens is 395 g/mol. The summed E-state index contributed by atoms with van der Waals surface area (Å²) in [5, 5.41) is 0. The zero-order valence-electron chi connectivity index (χ0n) is 16.7. The Morgan fingerprint density at radius 2 is 1.87 bits per heavy atom. The van der Waals surface area contributed by atoms with Crippen LogP contribution in [-0.2, 0) is 17.4 Å². The molecule has 0 aliphatic carbocycles. The van der Waals surface area contributed by atoms with Gasteiger partial charge in [-0.2, -0.15) is 13.2 Å². The van der Waals surface area contributed by atoms with Crippen molar-refractivity contribution in [1.82, 2.24) is 9.88 Å². The Balaban J connectivity index is 1.43. The Morgan fingerprint density at radius 1 is 1.13 bits per heavy atom. The van der Waals surface area contributed by atoms with Crippen LogP contribution in [0.15, 0.2) is 42.6 Å². The third-order valence-electron chi connectivity index (χ3n) is 6.10. The molecule has 0 N–H and O–H groups in total. The first-order valence-corrected chi connectivity index (χ1v) is 10.1. The molecule has 4 rings (SSSR count). The van der Waals surface area contributed by atoms with Gasteiger partial charge < -0.3 is 14.5 Å². The van der Waals surface area contributed by atoms with Gasteiger partial charge in [0.1, 0.15) is 11.6 Å². The number of anilines is 1. The van der Waals surface area contributed by atoms with Crippen molar-refractivity contribution in [2.24, 2.45) is 5.92 Å². The summed E-state index contributed by atoms with van der Waals surface area (Å²) in [6.07, 6.45) is -1.32. The molecule has 0 radical (unpaired) electrons. The first-order chi connectivity index (χ1) is 14.3. The van der Waals surface area contributed by atoms with Gasteiger partial charge in [-0.3, -0.25) is 4.79 Å². The first-order valence-electron chi connectivity index (χ1n) is 10.1. The van der Waals surface area contributed by atoms with Crippen LogP contribution in [0.5, 0.6) is 5.75 Å². The van der Waals surface area contributed by atoms with Crippen molar-refractivity contribution in [2.75, 3.05) is 31.6 Å². The number of piperidine rings is 1. The highest BCUT2D eigenvalue weighted by Gasteiger charge is 2.41. The minimum absolute atomic E-state index is 0.0635. The fraction of sp³-hybridized carbons (Fsp3) is 0.455. The van der Waals surface area contributed by atoms with E-state index in [1.54, 1.807) is 7.11 Å². The Labute approximate surface area is 173 Å². The smallest absolute Gasteiger partial charge is 0.417 e. The van der Waals surface area contributed by atoms with Gasteiger partial charge in [-0.25, -0.2) is 4.98 Å². The summed E-state index contributed by atoms with van der Waals surface area (Å²) in [7, 11) is 1.60. The van der Waals surface area contributed by atoms with E-state index < -0.39 is 11.7 Å². The Morgan fingerprint density at radius 3 is 2.50 bits per heavy atom. The van der Waals surface area contributed by atoms with Crippen molar-refractivity contribution in [1.29, 1.82) is 0 Å². The highest BCUT2D eigenvalue weighted by molar-refractivity contribution is 5.79. The van der Waals surface area contributed by atoms with E-state index >= 15 is 0 Å². The summed E-state index contributed by atoms with van der Waals surface area (Å²) in [5.41, 5.74) is 0.180. The lowest BCUT2D eigenvalue weighted by Gasteiger charge is -2.39. The molecule has 1 aromatic carbocycles. The third-order valence-corrected chi connectivity index (χ3v) is 6.10. The zero-order valence-corrected chi connectivity index (χ0v) is 16.7. The van der Waals surface area contributed by atoms with Gasteiger partial charge in [0.2, 0.25) is 5.91 Å². The molecule has 2 aliphatic heterocycles. The van der Waals surface area contributed by atoms with Gasteiger partial charge in [-0.05, 0) is 48.6 Å². The summed E-state index contributed by atoms with van der Waals surface area (Å²) in [6, 6.07) is 10.0. The zero-order chi connectivity index (χ0) is 21.3. The van der Waals surface area contributed by atoms with Crippen molar-refractivity contribution in [2.45, 2.75) is 31.5 Å². The number of nitrogens with zero attached hydrogens (tertiary/aromatic N) is 3. The lowest BCUT2D eigenvalue weighted by Crippen LogP contribution is -2.50. The average Bonchev–Trinajstić information content (AvgIpc) is 3.17. The van der Waals surface area contributed by atoms with Crippen molar-refractivity contribution >= 4 is 11.7 Å². The molecule has 1 amide bonds. The third kappa shape index (κ3) is 4.22. The lowest BCUT2D eigenvalue weighted by molar-refractivity contribution is -0.137. The second kappa shape index (κ2) is 8.16. The maximum Gasteiger partial charge on any atom is 0.417 e. The number of hydrogen-bond acceptors (Lipinski definition) is 4. The molecule has 30 heavy (non-hydrogen) atoms. The molecule has 0 bridgehead atoms. The lowest BCUT2D eigenvalue weighted by atomic mass is 9.92. The topological polar surface area (TPSA) is 45.7 Å². The Kier molecular flexibility index (Phi) is 5.58. The number of alkyl halides is 3. The van der Waals surface area contributed by atoms with Gasteiger partial charge >= 0.3 is 6.18 Å². The standard InChI is InChI=1S/C22H24F3N3O2/c1-30-18-5-2-15(3-6-18)12-21(29)28-11-9-16-8-10-27(14-19(16)28)20-7-4-17(13-26-20)22(23,24)25/h2-7,13,16,19H,8-12,14H2,1H3. The summed E-state index contributed by atoms with van der Waals surface area (Å²) in [5.74, 6) is 1.78. The summed E-state index contributed by atoms with van der Waals surface area (Å²) >= 11 is 0. The van der Waals surface area contributed by atoms with Crippen LogP contribution in [0.25, 0.3) is 0 Å². The van der Waals surface area contributed by atoms with Crippen molar-refractivity contribution < 1.29 is 22.7 Å². The molecule has 2 aliphatic rings. The first kappa shape index (κ1) is 20.5. The normalized spacial score (nSPS) is 21.5. The number of benzene rings is 1. The number of pyridine rings is 1. The van der Waals surface area contributed by atoms with Crippen molar-refractivity contribution in [3.05, 3.63) is 53.7 Å². The quantitative estimate of drug-likeness (QED) is 0.757. The van der Waals surface area contributed by atoms with E-state index in [1.165, 1.54) is 6.07 Å². The number of methoxy groups -OCH3 is 1. The van der Waals surface area contributed by atoms with E-state index in [0.717, 1.165) is 49.5 Å². The molecule has 2 aromatic rings. The van der Waals surface area contributed by atoms with Gasteiger partial charge in [0.25, 0.3) is 0 Å². The van der Waals surface area contributed by atoms with E-state index in [0.29, 0.717) is 24.7 Å². The fourth-order valence-electron chi connectivity index (χ4n) is 4.42. The van der Waals surface area contributed by atoms with E-state index in [-0.39, 0.29) is 11.9 Å². The second-order valence-electron chi connectivity index (χ2n) is 7.87. The van der Waals surface area contributed by atoms with Gasteiger partial charge in [0.15, 0.2) is 0 Å². The Bertz CT molecular complexity index is 884. The summed E-state index contributed by atoms with van der Waals surface area (Å²) in [4.78, 5) is 20.9. The molecule has 2 unspecified atom stereocenters. The Hall–Kier alpha value is -2.77. The van der Waals surface area contributed by atoms with Crippen LogP contribution in [0, 0.1) is 5.92 Å². The van der Waals surface area contributed by atoms with Crippen LogP contribution in [0.1, 0.15) is 24.0 Å².